The molecule has 0 radical (unpaired) electrons. The molecule has 1 aliphatic heterocycles. The zero-order valence-corrected chi connectivity index (χ0v) is 25.9. The number of hydrogen-bond acceptors (Lipinski definition) is 8. The number of rotatable bonds is 12. The highest BCUT2D eigenvalue weighted by atomic mass is 32.2. The van der Waals surface area contributed by atoms with E-state index in [0.29, 0.717) is 11.3 Å². The van der Waals surface area contributed by atoms with E-state index < -0.39 is 45.0 Å². The van der Waals surface area contributed by atoms with Gasteiger partial charge in [-0.15, -0.1) is 16.7 Å². The Labute approximate surface area is 256 Å². The van der Waals surface area contributed by atoms with E-state index in [2.05, 4.69) is 15.8 Å². The van der Waals surface area contributed by atoms with Crippen LogP contribution in [0.1, 0.15) is 38.8 Å². The van der Waals surface area contributed by atoms with Crippen LogP contribution in [0, 0.1) is 4.91 Å². The second-order valence-electron chi connectivity index (χ2n) is 11.0. The molecule has 0 bridgehead atoms. The van der Waals surface area contributed by atoms with Crippen molar-refractivity contribution in [3.63, 3.8) is 0 Å². The van der Waals surface area contributed by atoms with Crippen LogP contribution in [0.3, 0.4) is 0 Å². The Morgan fingerprint density at radius 2 is 1.56 bits per heavy atom. The van der Waals surface area contributed by atoms with Gasteiger partial charge in [0.05, 0.1) is 29.6 Å². The fourth-order valence-electron chi connectivity index (χ4n) is 4.58. The fourth-order valence-corrected chi connectivity index (χ4v) is 7.66. The Morgan fingerprint density at radius 1 is 0.953 bits per heavy atom. The third-order valence-electron chi connectivity index (χ3n) is 6.70. The Balaban J connectivity index is 1.51. The molecule has 12 heteroatoms. The van der Waals surface area contributed by atoms with Crippen molar-refractivity contribution < 1.29 is 22.7 Å². The van der Waals surface area contributed by atoms with Crippen molar-refractivity contribution in [1.82, 2.24) is 14.9 Å². The lowest BCUT2D eigenvalue weighted by atomic mass is 10.0. The summed E-state index contributed by atoms with van der Waals surface area (Å²) in [4.78, 5) is 38.3. The highest BCUT2D eigenvalue weighted by molar-refractivity contribution is 8.02. The predicted molar refractivity (Wildman–Crippen MR) is 167 cm³/mol. The van der Waals surface area contributed by atoms with Crippen LogP contribution < -0.4 is 10.6 Å². The number of nitroso groups, excluding NO2 is 1. The molecule has 228 valence electrons. The van der Waals surface area contributed by atoms with E-state index in [-0.39, 0.29) is 24.5 Å². The summed E-state index contributed by atoms with van der Waals surface area (Å²) in [6.07, 6.45) is -1.35. The van der Waals surface area contributed by atoms with E-state index in [0.717, 1.165) is 11.1 Å². The van der Waals surface area contributed by atoms with Crippen molar-refractivity contribution >= 4 is 33.6 Å². The van der Waals surface area contributed by atoms with E-state index >= 15 is 0 Å². The van der Waals surface area contributed by atoms with Crippen LogP contribution in [0.15, 0.2) is 95.0 Å². The summed E-state index contributed by atoms with van der Waals surface area (Å²) in [5.74, 6) is -0.669. The van der Waals surface area contributed by atoms with Crippen LogP contribution in [0.2, 0.25) is 0 Å². The van der Waals surface area contributed by atoms with Gasteiger partial charge in [0.25, 0.3) is 0 Å². The van der Waals surface area contributed by atoms with E-state index in [9.17, 15) is 22.9 Å². The molecule has 1 saturated heterocycles. The number of benzene rings is 3. The van der Waals surface area contributed by atoms with Crippen LogP contribution >= 0.6 is 11.8 Å². The van der Waals surface area contributed by atoms with E-state index in [4.69, 9.17) is 4.74 Å². The quantitative estimate of drug-likeness (QED) is 0.279. The number of carbonyl (C=O) groups is 2. The second kappa shape index (κ2) is 14.3. The maximum Gasteiger partial charge on any atom is 0.249 e. The van der Waals surface area contributed by atoms with Crippen LogP contribution in [0.4, 0.5) is 0 Å². The van der Waals surface area contributed by atoms with Gasteiger partial charge in [-0.25, -0.2) is 8.42 Å². The molecular formula is C31H36N4O6S2. The zero-order valence-electron chi connectivity index (χ0n) is 24.3. The Morgan fingerprint density at radius 3 is 2.16 bits per heavy atom. The molecule has 1 aliphatic rings. The highest BCUT2D eigenvalue weighted by Gasteiger charge is 2.41. The van der Waals surface area contributed by atoms with Gasteiger partial charge >= 0.3 is 0 Å². The monoisotopic (exact) mass is 624 g/mol. The normalized spacial score (nSPS) is 17.1. The zero-order chi connectivity index (χ0) is 31.0. The second-order valence-corrected chi connectivity index (χ2v) is 14.0. The molecule has 3 atom stereocenters. The predicted octanol–water partition coefficient (Wildman–Crippen LogP) is 4.69. The fraction of sp³-hybridized carbons (Fsp3) is 0.355. The van der Waals surface area contributed by atoms with Gasteiger partial charge < -0.3 is 15.4 Å². The Kier molecular flexibility index (Phi) is 10.7. The van der Waals surface area contributed by atoms with Gasteiger partial charge in [-0.2, -0.15) is 4.31 Å². The lowest BCUT2D eigenvalue weighted by Gasteiger charge is -2.28. The van der Waals surface area contributed by atoms with Gasteiger partial charge in [0.15, 0.2) is 6.17 Å². The molecule has 43 heavy (non-hydrogen) atoms. The summed E-state index contributed by atoms with van der Waals surface area (Å²) in [6.45, 7) is 5.88. The minimum absolute atomic E-state index is 0.00763. The van der Waals surface area contributed by atoms with Crippen molar-refractivity contribution in [3.8, 4) is 11.1 Å². The van der Waals surface area contributed by atoms with Gasteiger partial charge in [-0.1, -0.05) is 72.8 Å². The minimum Gasteiger partial charge on any atom is -0.375 e. The maximum atomic E-state index is 13.7. The maximum absolute atomic E-state index is 13.7. The highest BCUT2D eigenvalue weighted by Crippen LogP contribution is 2.32. The van der Waals surface area contributed by atoms with Crippen molar-refractivity contribution in [1.29, 1.82) is 0 Å². The summed E-state index contributed by atoms with van der Waals surface area (Å²) >= 11 is 1.19. The molecule has 0 saturated carbocycles. The van der Waals surface area contributed by atoms with Crippen LogP contribution in [-0.2, 0) is 24.3 Å². The Hall–Kier alpha value is -3.58. The van der Waals surface area contributed by atoms with Gasteiger partial charge in [0.1, 0.15) is 5.37 Å². The lowest BCUT2D eigenvalue weighted by molar-refractivity contribution is -0.126. The number of carbonyl (C=O) groups excluding carboxylic acids is 2. The van der Waals surface area contributed by atoms with Crippen molar-refractivity contribution in [2.24, 2.45) is 5.18 Å². The molecule has 0 aliphatic carbocycles. The molecule has 3 aromatic carbocycles. The molecule has 10 nitrogen and oxygen atoms in total. The molecule has 1 fully saturated rings. The summed E-state index contributed by atoms with van der Waals surface area (Å²) in [5, 5.41) is 7.41. The SMILES string of the molecule is CC(C)(C)OCCC(=O)NC(N=O)C(NC(=O)C1SCCN1S(=O)(=O)c1ccc(-c2ccccc2)cc1)c1ccccc1. The van der Waals surface area contributed by atoms with Crippen molar-refractivity contribution in [2.75, 3.05) is 18.9 Å². The Bertz CT molecular complexity index is 1500. The number of amides is 2. The topological polar surface area (TPSA) is 134 Å². The summed E-state index contributed by atoms with van der Waals surface area (Å²) < 4.78 is 34.1. The largest absolute Gasteiger partial charge is 0.375 e. The summed E-state index contributed by atoms with van der Waals surface area (Å²) in [7, 11) is -4.02. The molecule has 3 unspecified atom stereocenters. The molecule has 4 rings (SSSR count). The van der Waals surface area contributed by atoms with Gasteiger partial charge in [0.2, 0.25) is 21.8 Å². The molecule has 3 aromatic rings. The van der Waals surface area contributed by atoms with E-state index in [1.54, 1.807) is 42.5 Å². The van der Waals surface area contributed by atoms with Gasteiger partial charge in [-0.3, -0.25) is 9.59 Å². The minimum atomic E-state index is -4.02. The first kappa shape index (κ1) is 32.3. The average Bonchev–Trinajstić information content (AvgIpc) is 3.51. The molecule has 2 amide bonds. The molecule has 2 N–H and O–H groups in total. The van der Waals surface area contributed by atoms with Crippen LogP contribution in [0.25, 0.3) is 11.1 Å². The van der Waals surface area contributed by atoms with Crippen LogP contribution in [0.5, 0.6) is 0 Å². The summed E-state index contributed by atoms with van der Waals surface area (Å²) in [5.41, 5.74) is 1.92. The third kappa shape index (κ3) is 8.50. The van der Waals surface area contributed by atoms with Gasteiger partial charge in [0, 0.05) is 12.3 Å². The molecular weight excluding hydrogens is 588 g/mol. The standard InChI is InChI=1S/C31H36N4O6S2/c1-31(2,3)41-20-18-26(36)32-28(34-38)27(24-12-8-5-9-13-24)33-29(37)30-35(19-21-42-30)43(39,40)25-16-14-23(15-17-25)22-10-6-4-7-11-22/h4-17,27-28,30H,18-21H2,1-3H3,(H,32,36)(H,33,37). The average molecular weight is 625 g/mol. The van der Waals surface area contributed by atoms with Crippen molar-refractivity contribution in [2.45, 2.75) is 55.3 Å². The number of sulfonamides is 1. The first-order valence-electron chi connectivity index (χ1n) is 13.9. The van der Waals surface area contributed by atoms with E-state index in [1.165, 1.54) is 28.2 Å². The van der Waals surface area contributed by atoms with Crippen LogP contribution in [-0.4, -0.2) is 60.6 Å². The number of hydrogen-bond donors (Lipinski definition) is 2. The third-order valence-corrected chi connectivity index (χ3v) is 9.91. The summed E-state index contributed by atoms with van der Waals surface area (Å²) in [6, 6.07) is 23.7. The first-order chi connectivity index (χ1) is 20.5. The number of nitrogens with zero attached hydrogens (tertiary/aromatic N) is 2. The lowest BCUT2D eigenvalue weighted by Crippen LogP contribution is -2.50. The number of ether oxygens (including phenoxy) is 1. The molecule has 0 spiro atoms. The molecule has 0 aromatic heterocycles. The smallest absolute Gasteiger partial charge is 0.249 e. The number of thioether (sulfide) groups is 1. The van der Waals surface area contributed by atoms with E-state index in [1.807, 2.05) is 51.1 Å². The molecule has 1 heterocycles. The number of nitrogens with one attached hydrogen (secondary N) is 2. The first-order valence-corrected chi connectivity index (χ1v) is 16.4. The van der Waals surface area contributed by atoms with Gasteiger partial charge in [-0.05, 0) is 54.8 Å². The van der Waals surface area contributed by atoms with Crippen molar-refractivity contribution in [3.05, 3.63) is 95.4 Å².